The topological polar surface area (TPSA) is 82.1 Å². The summed E-state index contributed by atoms with van der Waals surface area (Å²) in [6.07, 6.45) is -0.178. The van der Waals surface area contributed by atoms with Gasteiger partial charge in [0.2, 0.25) is 0 Å². The molecule has 2 atom stereocenters. The van der Waals surface area contributed by atoms with Gasteiger partial charge < -0.3 is 19.2 Å². The molecule has 1 heterocycles. The quantitative estimate of drug-likeness (QED) is 0.598. The summed E-state index contributed by atoms with van der Waals surface area (Å²) in [5.74, 6) is -1.96. The molecule has 0 aromatic heterocycles. The Hall–Kier alpha value is -1.12. The predicted octanol–water partition coefficient (Wildman–Crippen LogP) is 0.950. The zero-order chi connectivity index (χ0) is 14.6. The van der Waals surface area contributed by atoms with Gasteiger partial charge in [0.25, 0.3) is 0 Å². The third kappa shape index (κ3) is 4.81. The van der Waals surface area contributed by atoms with Gasteiger partial charge >= 0.3 is 19.1 Å². The summed E-state index contributed by atoms with van der Waals surface area (Å²) in [6, 6.07) is 0. The number of carbonyl (C=O) groups excluding carboxylic acids is 1. The first kappa shape index (κ1) is 15.9. The molecule has 1 N–H and O–H groups in total. The summed E-state index contributed by atoms with van der Waals surface area (Å²) in [4.78, 5) is 22.4. The number of methoxy groups -OCH3 is 1. The van der Waals surface area contributed by atoms with Crippen molar-refractivity contribution in [3.05, 3.63) is 11.8 Å². The lowest BCUT2D eigenvalue weighted by atomic mass is 9.85. The normalized spacial score (nSPS) is 23.9. The van der Waals surface area contributed by atoms with Gasteiger partial charge in [0, 0.05) is 0 Å². The molecule has 106 valence electrons. The van der Waals surface area contributed by atoms with E-state index in [1.807, 2.05) is 6.08 Å². The summed E-state index contributed by atoms with van der Waals surface area (Å²) in [7, 11) is -0.854. The molecule has 1 saturated heterocycles. The number of esters is 1. The van der Waals surface area contributed by atoms with E-state index < -0.39 is 39.3 Å². The first-order chi connectivity index (χ1) is 8.74. The molecule has 8 heteroatoms. The molecule has 1 aliphatic heterocycles. The molecule has 2 unspecified atom stereocenters. The standard InChI is InChI=1S/C11H19BO6Si/c1-16-11(15)9-8(10(13)14)17-12(18-9)6-5-7-19(2,3)4/h5,7-9H,6H2,1-4H3,(H,13,14). The lowest BCUT2D eigenvalue weighted by Crippen LogP contribution is -2.37. The number of hydrogen-bond acceptors (Lipinski definition) is 5. The fourth-order valence-corrected chi connectivity index (χ4v) is 2.47. The van der Waals surface area contributed by atoms with E-state index in [1.165, 1.54) is 7.11 Å². The smallest absolute Gasteiger partial charge is 0.462 e. The second-order valence-corrected chi connectivity index (χ2v) is 10.5. The summed E-state index contributed by atoms with van der Waals surface area (Å²) in [5.41, 5.74) is 2.11. The van der Waals surface area contributed by atoms with Gasteiger partial charge in [-0.05, 0) is 6.32 Å². The molecular formula is C11H19BO6Si. The van der Waals surface area contributed by atoms with Crippen molar-refractivity contribution in [2.24, 2.45) is 0 Å². The van der Waals surface area contributed by atoms with E-state index in [2.05, 4.69) is 30.1 Å². The molecule has 0 aromatic rings. The minimum atomic E-state index is -1.31. The Labute approximate surface area is 113 Å². The van der Waals surface area contributed by atoms with Gasteiger partial charge in [-0.15, -0.1) is 0 Å². The van der Waals surface area contributed by atoms with Crippen molar-refractivity contribution in [2.75, 3.05) is 7.11 Å². The Kier molecular flexibility index (Phi) is 5.33. The Balaban J connectivity index is 2.63. The number of carboxylic acid groups (broad SMARTS) is 1. The zero-order valence-corrected chi connectivity index (χ0v) is 12.6. The van der Waals surface area contributed by atoms with E-state index in [-0.39, 0.29) is 0 Å². The Bertz CT molecular complexity index is 378. The first-order valence-corrected chi connectivity index (χ1v) is 9.61. The Morgan fingerprint density at radius 2 is 1.89 bits per heavy atom. The highest BCUT2D eigenvalue weighted by Gasteiger charge is 2.47. The van der Waals surface area contributed by atoms with E-state index in [9.17, 15) is 9.59 Å². The molecule has 0 radical (unpaired) electrons. The van der Waals surface area contributed by atoms with Crippen LogP contribution in [-0.4, -0.2) is 51.6 Å². The number of hydrogen-bond donors (Lipinski definition) is 1. The minimum Gasteiger partial charge on any atom is -0.479 e. The van der Waals surface area contributed by atoms with Gasteiger partial charge in [0.1, 0.15) is 0 Å². The van der Waals surface area contributed by atoms with Gasteiger partial charge in [0.15, 0.2) is 12.2 Å². The van der Waals surface area contributed by atoms with Crippen molar-refractivity contribution >= 4 is 27.1 Å². The second kappa shape index (κ2) is 6.36. The Morgan fingerprint density at radius 1 is 1.32 bits per heavy atom. The van der Waals surface area contributed by atoms with Gasteiger partial charge in [-0.3, -0.25) is 0 Å². The second-order valence-electron chi connectivity index (χ2n) is 5.41. The van der Waals surface area contributed by atoms with Crippen LogP contribution in [0.25, 0.3) is 0 Å². The van der Waals surface area contributed by atoms with Crippen LogP contribution in [0.15, 0.2) is 11.8 Å². The lowest BCUT2D eigenvalue weighted by Gasteiger charge is -2.11. The summed E-state index contributed by atoms with van der Waals surface area (Å²) in [6.45, 7) is 6.53. The SMILES string of the molecule is COC(=O)C1OB(CC=C[Si](C)(C)C)OC1C(=O)O. The average molecular weight is 286 g/mol. The molecule has 0 aromatic carbocycles. The van der Waals surface area contributed by atoms with Crippen molar-refractivity contribution in [3.63, 3.8) is 0 Å². The summed E-state index contributed by atoms with van der Waals surface area (Å²) < 4.78 is 15.0. The number of carboxylic acids is 1. The highest BCUT2D eigenvalue weighted by molar-refractivity contribution is 6.81. The van der Waals surface area contributed by atoms with E-state index >= 15 is 0 Å². The number of ether oxygens (including phenoxy) is 1. The minimum absolute atomic E-state index is 0.418. The average Bonchev–Trinajstić information content (AvgIpc) is 2.70. The third-order valence-corrected chi connectivity index (χ3v) is 3.73. The van der Waals surface area contributed by atoms with Crippen LogP contribution < -0.4 is 0 Å². The molecular weight excluding hydrogens is 267 g/mol. The maximum atomic E-state index is 11.4. The van der Waals surface area contributed by atoms with Crippen molar-refractivity contribution < 1.29 is 28.7 Å². The number of carbonyl (C=O) groups is 2. The van der Waals surface area contributed by atoms with Crippen molar-refractivity contribution in [1.29, 1.82) is 0 Å². The van der Waals surface area contributed by atoms with Crippen LogP contribution in [0, 0.1) is 0 Å². The molecule has 1 fully saturated rings. The third-order valence-electron chi connectivity index (χ3n) is 2.50. The predicted molar refractivity (Wildman–Crippen MR) is 72.4 cm³/mol. The van der Waals surface area contributed by atoms with Crippen LogP contribution in [0.2, 0.25) is 26.0 Å². The molecule has 19 heavy (non-hydrogen) atoms. The molecule has 0 aliphatic carbocycles. The van der Waals surface area contributed by atoms with Crippen molar-refractivity contribution in [2.45, 2.75) is 38.2 Å². The number of aliphatic carboxylic acids is 1. The molecule has 1 rings (SSSR count). The van der Waals surface area contributed by atoms with Crippen LogP contribution in [0.3, 0.4) is 0 Å². The van der Waals surface area contributed by atoms with Crippen LogP contribution >= 0.6 is 0 Å². The number of allylic oxidation sites excluding steroid dienone is 1. The highest BCUT2D eigenvalue weighted by atomic mass is 28.3. The lowest BCUT2D eigenvalue weighted by molar-refractivity contribution is -0.158. The number of rotatable bonds is 5. The fraction of sp³-hybridized carbons (Fsp3) is 0.636. The first-order valence-electron chi connectivity index (χ1n) is 6.04. The molecule has 6 nitrogen and oxygen atoms in total. The highest BCUT2D eigenvalue weighted by Crippen LogP contribution is 2.21. The van der Waals surface area contributed by atoms with Crippen molar-refractivity contribution in [1.82, 2.24) is 0 Å². The van der Waals surface area contributed by atoms with E-state index in [1.54, 1.807) is 0 Å². The summed E-state index contributed by atoms with van der Waals surface area (Å²) in [5, 5.41) is 8.98. The van der Waals surface area contributed by atoms with Crippen LogP contribution in [0.5, 0.6) is 0 Å². The van der Waals surface area contributed by atoms with Crippen LogP contribution in [0.4, 0.5) is 0 Å². The van der Waals surface area contributed by atoms with E-state index in [0.29, 0.717) is 6.32 Å². The van der Waals surface area contributed by atoms with E-state index in [0.717, 1.165) is 0 Å². The van der Waals surface area contributed by atoms with E-state index in [4.69, 9.17) is 14.4 Å². The Morgan fingerprint density at radius 3 is 2.37 bits per heavy atom. The van der Waals surface area contributed by atoms with Crippen LogP contribution in [-0.2, 0) is 23.6 Å². The van der Waals surface area contributed by atoms with Crippen molar-refractivity contribution in [3.8, 4) is 0 Å². The monoisotopic (exact) mass is 286 g/mol. The van der Waals surface area contributed by atoms with Gasteiger partial charge in [-0.25, -0.2) is 9.59 Å². The molecule has 0 bridgehead atoms. The van der Waals surface area contributed by atoms with Crippen LogP contribution in [0.1, 0.15) is 0 Å². The molecule has 1 aliphatic rings. The fourth-order valence-electron chi connectivity index (χ4n) is 1.63. The maximum absolute atomic E-state index is 11.4. The molecule has 0 amide bonds. The zero-order valence-electron chi connectivity index (χ0n) is 11.6. The summed E-state index contributed by atoms with van der Waals surface area (Å²) >= 11 is 0. The largest absolute Gasteiger partial charge is 0.479 e. The van der Waals surface area contributed by atoms with Gasteiger partial charge in [0.05, 0.1) is 15.2 Å². The van der Waals surface area contributed by atoms with Gasteiger partial charge in [-0.1, -0.05) is 31.4 Å². The molecule has 0 saturated carbocycles. The van der Waals surface area contributed by atoms with Gasteiger partial charge in [-0.2, -0.15) is 0 Å². The molecule has 0 spiro atoms. The maximum Gasteiger partial charge on any atom is 0.462 e.